The number of nitrogens with one attached hydrogen (secondary N) is 1. The minimum atomic E-state index is -2.59. The second-order valence-electron chi connectivity index (χ2n) is 4.61. The second kappa shape index (κ2) is 7.35. The smallest absolute Gasteiger partial charge is 0.288 e. The number of amides is 3. The van der Waals surface area contributed by atoms with Gasteiger partial charge in [0.25, 0.3) is 5.76 Å². The van der Waals surface area contributed by atoms with Gasteiger partial charge in [-0.3, -0.25) is 19.3 Å². The van der Waals surface area contributed by atoms with E-state index in [4.69, 9.17) is 0 Å². The molecule has 0 atom stereocenters. The van der Waals surface area contributed by atoms with E-state index in [9.17, 15) is 23.2 Å². The number of benzene rings is 1. The molecule has 0 spiro atoms. The predicted octanol–water partition coefficient (Wildman–Crippen LogP) is 2.48. The zero-order valence-corrected chi connectivity index (χ0v) is 12.4. The minimum absolute atomic E-state index is 0.00760. The highest BCUT2D eigenvalue weighted by Crippen LogP contribution is 2.31. The van der Waals surface area contributed by atoms with Crippen molar-refractivity contribution < 1.29 is 23.2 Å². The lowest BCUT2D eigenvalue weighted by Gasteiger charge is -2.14. The number of thioether (sulfide) groups is 1. The molecule has 3 amide bonds. The zero-order chi connectivity index (χ0) is 16.1. The Morgan fingerprint density at radius 1 is 1.23 bits per heavy atom. The van der Waals surface area contributed by atoms with E-state index in [-0.39, 0.29) is 48.2 Å². The normalized spacial score (nSPS) is 14.8. The van der Waals surface area contributed by atoms with Crippen LogP contribution in [-0.4, -0.2) is 34.9 Å². The summed E-state index contributed by atoms with van der Waals surface area (Å²) in [7, 11) is 0. The van der Waals surface area contributed by atoms with Crippen molar-refractivity contribution in [3.05, 3.63) is 24.3 Å². The van der Waals surface area contributed by atoms with Crippen LogP contribution < -0.4 is 5.32 Å². The van der Waals surface area contributed by atoms with Crippen molar-refractivity contribution in [1.29, 1.82) is 0 Å². The number of imide groups is 1. The molecule has 1 saturated heterocycles. The Morgan fingerprint density at radius 3 is 2.50 bits per heavy atom. The van der Waals surface area contributed by atoms with Gasteiger partial charge in [-0.15, -0.1) is 0 Å². The largest absolute Gasteiger partial charge is 0.325 e. The Labute approximate surface area is 130 Å². The molecule has 1 aliphatic rings. The van der Waals surface area contributed by atoms with Crippen LogP contribution in [0.3, 0.4) is 0 Å². The second-order valence-corrected chi connectivity index (χ2v) is 5.64. The van der Waals surface area contributed by atoms with Gasteiger partial charge in [-0.2, -0.15) is 8.78 Å². The minimum Gasteiger partial charge on any atom is -0.325 e. The first-order chi connectivity index (χ1) is 10.5. The Morgan fingerprint density at radius 2 is 1.86 bits per heavy atom. The summed E-state index contributed by atoms with van der Waals surface area (Å²) in [6.07, 6.45) is 0.286. The number of likely N-dealkylation sites (tertiary alicyclic amines) is 1. The molecule has 1 aromatic rings. The maximum atomic E-state index is 12.4. The molecule has 1 heterocycles. The molecule has 1 aromatic carbocycles. The molecule has 118 valence electrons. The molecule has 0 radical (unpaired) electrons. The van der Waals surface area contributed by atoms with Gasteiger partial charge in [-0.05, 0) is 12.1 Å². The molecular formula is C14H14F2N2O3S. The van der Waals surface area contributed by atoms with Gasteiger partial charge in [0.1, 0.15) is 0 Å². The number of halogens is 2. The van der Waals surface area contributed by atoms with Gasteiger partial charge in [-0.25, -0.2) is 0 Å². The first-order valence-corrected chi connectivity index (χ1v) is 7.52. The number of nitrogens with zero attached hydrogens (tertiary/aromatic N) is 1. The molecule has 22 heavy (non-hydrogen) atoms. The molecule has 1 fully saturated rings. The summed E-state index contributed by atoms with van der Waals surface area (Å²) < 4.78 is 24.9. The van der Waals surface area contributed by atoms with Gasteiger partial charge >= 0.3 is 0 Å². The molecule has 2 rings (SSSR count). The Hall–Kier alpha value is -1.96. The molecular weight excluding hydrogens is 314 g/mol. The lowest BCUT2D eigenvalue weighted by Crippen LogP contribution is -2.32. The quantitative estimate of drug-likeness (QED) is 0.643. The molecule has 0 aromatic heterocycles. The van der Waals surface area contributed by atoms with Crippen LogP contribution in [0.25, 0.3) is 0 Å². The monoisotopic (exact) mass is 328 g/mol. The Kier molecular flexibility index (Phi) is 5.48. The number of para-hydroxylation sites is 1. The lowest BCUT2D eigenvalue weighted by atomic mass is 10.3. The van der Waals surface area contributed by atoms with Crippen LogP contribution in [0.1, 0.15) is 19.3 Å². The van der Waals surface area contributed by atoms with Crippen molar-refractivity contribution in [3.8, 4) is 0 Å². The van der Waals surface area contributed by atoms with E-state index >= 15 is 0 Å². The third-order valence-corrected chi connectivity index (χ3v) is 3.88. The van der Waals surface area contributed by atoms with E-state index < -0.39 is 11.7 Å². The summed E-state index contributed by atoms with van der Waals surface area (Å²) in [4.78, 5) is 36.0. The average molecular weight is 328 g/mol. The third kappa shape index (κ3) is 4.27. The highest BCUT2D eigenvalue weighted by Gasteiger charge is 2.28. The average Bonchev–Trinajstić information content (AvgIpc) is 2.77. The predicted molar refractivity (Wildman–Crippen MR) is 77.5 cm³/mol. The molecule has 0 saturated carbocycles. The fourth-order valence-electron chi connectivity index (χ4n) is 2.07. The molecule has 8 heteroatoms. The lowest BCUT2D eigenvalue weighted by molar-refractivity contribution is -0.138. The van der Waals surface area contributed by atoms with Crippen LogP contribution in [0.5, 0.6) is 0 Å². The molecule has 0 bridgehead atoms. The Bertz CT molecular complexity index is 579. The number of anilines is 1. The molecule has 5 nitrogen and oxygen atoms in total. The first kappa shape index (κ1) is 16.4. The summed E-state index contributed by atoms with van der Waals surface area (Å²) in [6, 6.07) is 6.23. The summed E-state index contributed by atoms with van der Waals surface area (Å²) in [5, 5.41) is 2.53. The van der Waals surface area contributed by atoms with Crippen molar-refractivity contribution >= 4 is 35.2 Å². The summed E-state index contributed by atoms with van der Waals surface area (Å²) in [5.74, 6) is -3.59. The SMILES string of the molecule is O=C(CCN1C(=O)CCC1=O)Nc1ccccc1SC(F)F. The Balaban J connectivity index is 1.92. The summed E-state index contributed by atoms with van der Waals surface area (Å²) in [5.41, 5.74) is 0.289. The fourth-order valence-corrected chi connectivity index (χ4v) is 2.66. The van der Waals surface area contributed by atoms with Crippen LogP contribution in [0.4, 0.5) is 14.5 Å². The van der Waals surface area contributed by atoms with E-state index in [1.54, 1.807) is 12.1 Å². The van der Waals surface area contributed by atoms with Crippen LogP contribution in [0.15, 0.2) is 29.2 Å². The van der Waals surface area contributed by atoms with Crippen molar-refractivity contribution in [3.63, 3.8) is 0 Å². The summed E-state index contributed by atoms with van der Waals surface area (Å²) in [6.45, 7) is 0.00760. The van der Waals surface area contributed by atoms with E-state index in [1.807, 2.05) is 0 Å². The number of carbonyl (C=O) groups is 3. The van der Waals surface area contributed by atoms with Gasteiger partial charge in [-0.1, -0.05) is 23.9 Å². The standard InChI is InChI=1S/C14H14F2N2O3S/c15-14(16)22-10-4-2-1-3-9(10)17-11(19)7-8-18-12(20)5-6-13(18)21/h1-4,14H,5-8H2,(H,17,19). The van der Waals surface area contributed by atoms with E-state index in [2.05, 4.69) is 5.32 Å². The van der Waals surface area contributed by atoms with Gasteiger partial charge in [0.2, 0.25) is 17.7 Å². The van der Waals surface area contributed by atoms with Crippen molar-refractivity contribution in [2.24, 2.45) is 0 Å². The number of alkyl halides is 2. The van der Waals surface area contributed by atoms with Crippen molar-refractivity contribution in [2.75, 3.05) is 11.9 Å². The summed E-state index contributed by atoms with van der Waals surface area (Å²) >= 11 is 0.345. The molecule has 1 N–H and O–H groups in total. The van der Waals surface area contributed by atoms with Crippen molar-refractivity contribution in [1.82, 2.24) is 4.90 Å². The van der Waals surface area contributed by atoms with E-state index in [0.717, 1.165) is 4.90 Å². The zero-order valence-electron chi connectivity index (χ0n) is 11.6. The third-order valence-electron chi connectivity index (χ3n) is 3.09. The van der Waals surface area contributed by atoms with Crippen LogP contribution in [0.2, 0.25) is 0 Å². The highest BCUT2D eigenvalue weighted by molar-refractivity contribution is 7.99. The number of rotatable bonds is 6. The number of hydrogen-bond acceptors (Lipinski definition) is 4. The van der Waals surface area contributed by atoms with Gasteiger partial charge in [0, 0.05) is 30.7 Å². The van der Waals surface area contributed by atoms with Crippen LogP contribution in [0, 0.1) is 0 Å². The van der Waals surface area contributed by atoms with Gasteiger partial charge in [0.05, 0.1) is 5.69 Å². The number of hydrogen-bond donors (Lipinski definition) is 1. The molecule has 0 aliphatic carbocycles. The molecule has 0 unspecified atom stereocenters. The van der Waals surface area contributed by atoms with Gasteiger partial charge < -0.3 is 5.32 Å². The first-order valence-electron chi connectivity index (χ1n) is 6.64. The van der Waals surface area contributed by atoms with Crippen LogP contribution in [-0.2, 0) is 14.4 Å². The number of carbonyl (C=O) groups excluding carboxylic acids is 3. The van der Waals surface area contributed by atoms with Gasteiger partial charge in [0.15, 0.2) is 0 Å². The topological polar surface area (TPSA) is 66.5 Å². The van der Waals surface area contributed by atoms with E-state index in [0.29, 0.717) is 11.8 Å². The maximum Gasteiger partial charge on any atom is 0.288 e. The fraction of sp³-hybridized carbons (Fsp3) is 0.357. The van der Waals surface area contributed by atoms with Crippen molar-refractivity contribution in [2.45, 2.75) is 29.9 Å². The van der Waals surface area contributed by atoms with E-state index in [1.165, 1.54) is 12.1 Å². The maximum absolute atomic E-state index is 12.4. The highest BCUT2D eigenvalue weighted by atomic mass is 32.2. The van der Waals surface area contributed by atoms with Crippen LogP contribution >= 0.6 is 11.8 Å². The molecule has 1 aliphatic heterocycles.